The highest BCUT2D eigenvalue weighted by Gasteiger charge is 2.35. The molecule has 0 bridgehead atoms. The zero-order valence-corrected chi connectivity index (χ0v) is 10.6. The van der Waals surface area contributed by atoms with E-state index in [0.29, 0.717) is 10.6 Å². The average Bonchev–Trinajstić information content (AvgIpc) is 2.17. The van der Waals surface area contributed by atoms with Crippen LogP contribution in [0.4, 0.5) is 5.69 Å². The van der Waals surface area contributed by atoms with Crippen molar-refractivity contribution in [2.75, 3.05) is 12.4 Å². The van der Waals surface area contributed by atoms with Crippen LogP contribution >= 0.6 is 11.6 Å². The maximum Gasteiger partial charge on any atom is 0.257 e. The lowest BCUT2D eigenvalue weighted by atomic mass is 10.00. The quantitative estimate of drug-likeness (QED) is 0.754. The van der Waals surface area contributed by atoms with Gasteiger partial charge in [-0.25, -0.2) is 0 Å². The molecule has 0 spiro atoms. The summed E-state index contributed by atoms with van der Waals surface area (Å²) in [7, 11) is 1.79. The second kappa shape index (κ2) is 3.39. The van der Waals surface area contributed by atoms with E-state index in [1.165, 1.54) is 0 Å². The highest BCUT2D eigenvalue weighted by atomic mass is 35.5. The van der Waals surface area contributed by atoms with E-state index < -0.39 is 0 Å². The summed E-state index contributed by atoms with van der Waals surface area (Å²) in [5.74, 6) is 0.00403. The van der Waals surface area contributed by atoms with E-state index in [4.69, 9.17) is 11.6 Å². The Balaban J connectivity index is 2.64. The van der Waals surface area contributed by atoms with Crippen molar-refractivity contribution in [1.82, 2.24) is 4.90 Å². The number of rotatable bonds is 0. The Labute approximate surface area is 100 Å². The third kappa shape index (κ3) is 1.55. The largest absolute Gasteiger partial charge is 0.362 e. The Morgan fingerprint density at radius 1 is 1.38 bits per heavy atom. The Hall–Kier alpha value is -1.22. The van der Waals surface area contributed by atoms with Gasteiger partial charge in [-0.2, -0.15) is 0 Å². The second-order valence-electron chi connectivity index (χ2n) is 4.69. The van der Waals surface area contributed by atoms with Crippen molar-refractivity contribution in [3.05, 3.63) is 28.3 Å². The number of nitrogens with zero attached hydrogens (tertiary/aromatic N) is 1. The van der Waals surface area contributed by atoms with E-state index >= 15 is 0 Å². The van der Waals surface area contributed by atoms with Crippen molar-refractivity contribution in [2.24, 2.45) is 0 Å². The summed E-state index contributed by atoms with van der Waals surface area (Å²) >= 11 is 5.97. The minimum atomic E-state index is -0.372. The van der Waals surface area contributed by atoms with Crippen LogP contribution in [-0.4, -0.2) is 23.5 Å². The molecule has 1 N–H and O–H groups in total. The molecule has 0 saturated carbocycles. The highest BCUT2D eigenvalue weighted by Crippen LogP contribution is 2.34. The van der Waals surface area contributed by atoms with Crippen molar-refractivity contribution in [3.8, 4) is 0 Å². The first kappa shape index (κ1) is 11.3. The van der Waals surface area contributed by atoms with Gasteiger partial charge in [-0.05, 0) is 38.5 Å². The molecule has 1 aromatic carbocycles. The number of aryl methyl sites for hydroxylation is 1. The third-order valence-electron chi connectivity index (χ3n) is 3.10. The lowest BCUT2D eigenvalue weighted by Gasteiger charge is -2.42. The van der Waals surface area contributed by atoms with Gasteiger partial charge >= 0.3 is 0 Å². The molecule has 1 heterocycles. The summed E-state index contributed by atoms with van der Waals surface area (Å²) in [6.07, 6.45) is 0. The molecule has 3 nitrogen and oxygen atoms in total. The van der Waals surface area contributed by atoms with Gasteiger partial charge in [-0.3, -0.25) is 4.79 Å². The van der Waals surface area contributed by atoms with Crippen molar-refractivity contribution < 1.29 is 4.79 Å². The number of benzene rings is 1. The molecular weight excluding hydrogens is 224 g/mol. The minimum absolute atomic E-state index is 0.00403. The summed E-state index contributed by atoms with van der Waals surface area (Å²) in [6.45, 7) is 5.90. The molecule has 0 aliphatic carbocycles. The maximum absolute atomic E-state index is 12.2. The normalized spacial score (nSPS) is 18.1. The smallest absolute Gasteiger partial charge is 0.257 e. The van der Waals surface area contributed by atoms with Crippen LogP contribution in [-0.2, 0) is 0 Å². The van der Waals surface area contributed by atoms with Gasteiger partial charge in [0, 0.05) is 12.1 Å². The molecule has 0 atom stereocenters. The molecule has 1 aliphatic rings. The van der Waals surface area contributed by atoms with Crippen molar-refractivity contribution >= 4 is 23.2 Å². The number of fused-ring (bicyclic) bond motifs is 1. The number of amides is 1. The Morgan fingerprint density at radius 2 is 2.00 bits per heavy atom. The maximum atomic E-state index is 12.2. The van der Waals surface area contributed by atoms with Crippen LogP contribution in [0.3, 0.4) is 0 Å². The van der Waals surface area contributed by atoms with Crippen LogP contribution in [0.1, 0.15) is 29.8 Å². The number of carbonyl (C=O) groups excluding carboxylic acids is 1. The minimum Gasteiger partial charge on any atom is -0.362 e. The number of halogens is 1. The van der Waals surface area contributed by atoms with E-state index in [1.54, 1.807) is 18.0 Å². The molecule has 0 fully saturated rings. The Morgan fingerprint density at radius 3 is 2.62 bits per heavy atom. The van der Waals surface area contributed by atoms with Gasteiger partial charge in [0.1, 0.15) is 5.66 Å². The standard InChI is InChI=1S/C12H15ClN2O/c1-7-5-8(13)6-9-10(7)14-12(2,3)15(4)11(9)16/h5-6,14H,1-4H3. The van der Waals surface area contributed by atoms with Gasteiger partial charge in [0.15, 0.2) is 0 Å². The number of carbonyl (C=O) groups is 1. The first-order valence-electron chi connectivity index (χ1n) is 5.19. The van der Waals surface area contributed by atoms with Gasteiger partial charge in [0.2, 0.25) is 0 Å². The van der Waals surface area contributed by atoms with E-state index in [-0.39, 0.29) is 11.6 Å². The molecule has 0 radical (unpaired) electrons. The fourth-order valence-electron chi connectivity index (χ4n) is 1.90. The van der Waals surface area contributed by atoms with E-state index in [0.717, 1.165) is 11.3 Å². The molecular formula is C12H15ClN2O. The molecule has 16 heavy (non-hydrogen) atoms. The molecule has 1 amide bonds. The summed E-state index contributed by atoms with van der Waals surface area (Å²) in [5, 5.41) is 3.96. The molecule has 86 valence electrons. The topological polar surface area (TPSA) is 32.3 Å². The van der Waals surface area contributed by atoms with Gasteiger partial charge in [-0.1, -0.05) is 11.6 Å². The molecule has 0 unspecified atom stereocenters. The molecule has 1 aliphatic heterocycles. The molecule has 4 heteroatoms. The fraction of sp³-hybridized carbons (Fsp3) is 0.417. The van der Waals surface area contributed by atoms with Crippen LogP contribution < -0.4 is 5.32 Å². The zero-order valence-electron chi connectivity index (χ0n) is 9.89. The number of nitrogens with one attached hydrogen (secondary N) is 1. The number of hydrogen-bond acceptors (Lipinski definition) is 2. The summed E-state index contributed by atoms with van der Waals surface area (Å²) < 4.78 is 0. The van der Waals surface area contributed by atoms with E-state index in [1.807, 2.05) is 26.8 Å². The predicted octanol–water partition coefficient (Wildman–Crippen LogP) is 2.88. The van der Waals surface area contributed by atoms with Crippen LogP contribution in [0.5, 0.6) is 0 Å². The number of anilines is 1. The first-order valence-corrected chi connectivity index (χ1v) is 5.57. The van der Waals surface area contributed by atoms with Crippen LogP contribution in [0.15, 0.2) is 12.1 Å². The van der Waals surface area contributed by atoms with E-state index in [9.17, 15) is 4.79 Å². The van der Waals surface area contributed by atoms with Crippen molar-refractivity contribution in [2.45, 2.75) is 26.4 Å². The van der Waals surface area contributed by atoms with E-state index in [2.05, 4.69) is 5.32 Å². The average molecular weight is 239 g/mol. The molecule has 1 aromatic rings. The second-order valence-corrected chi connectivity index (χ2v) is 5.13. The van der Waals surface area contributed by atoms with Crippen molar-refractivity contribution in [1.29, 1.82) is 0 Å². The van der Waals surface area contributed by atoms with Gasteiger partial charge in [0.05, 0.1) is 11.3 Å². The summed E-state index contributed by atoms with van der Waals surface area (Å²) in [4.78, 5) is 13.8. The molecule has 0 aromatic heterocycles. The first-order chi connectivity index (χ1) is 7.33. The number of hydrogen-bond donors (Lipinski definition) is 1. The monoisotopic (exact) mass is 238 g/mol. The molecule has 0 saturated heterocycles. The van der Waals surface area contributed by atoms with Crippen LogP contribution in [0.25, 0.3) is 0 Å². The van der Waals surface area contributed by atoms with Gasteiger partial charge in [-0.15, -0.1) is 0 Å². The van der Waals surface area contributed by atoms with Gasteiger partial charge < -0.3 is 10.2 Å². The lowest BCUT2D eigenvalue weighted by Crippen LogP contribution is -2.54. The Bertz CT molecular complexity index is 468. The van der Waals surface area contributed by atoms with Crippen molar-refractivity contribution in [3.63, 3.8) is 0 Å². The predicted molar refractivity (Wildman–Crippen MR) is 66.0 cm³/mol. The summed E-state index contributed by atoms with van der Waals surface area (Å²) in [6, 6.07) is 3.58. The van der Waals surface area contributed by atoms with Crippen LogP contribution in [0, 0.1) is 6.92 Å². The lowest BCUT2D eigenvalue weighted by molar-refractivity contribution is 0.0648. The fourth-order valence-corrected chi connectivity index (χ4v) is 2.17. The summed E-state index contributed by atoms with van der Waals surface area (Å²) in [5.41, 5.74) is 2.16. The SMILES string of the molecule is Cc1cc(Cl)cc2c1NC(C)(C)N(C)C2=O. The molecule has 2 rings (SSSR count). The van der Waals surface area contributed by atoms with Crippen LogP contribution in [0.2, 0.25) is 5.02 Å². The zero-order chi connectivity index (χ0) is 12.1. The van der Waals surface area contributed by atoms with Gasteiger partial charge in [0.25, 0.3) is 5.91 Å². The highest BCUT2D eigenvalue weighted by molar-refractivity contribution is 6.31. The Kier molecular flexibility index (Phi) is 2.39. The third-order valence-corrected chi connectivity index (χ3v) is 3.32.